The molecule has 0 spiro atoms. The summed E-state index contributed by atoms with van der Waals surface area (Å²) in [6, 6.07) is 2.75. The lowest BCUT2D eigenvalue weighted by atomic mass is 10.2. The van der Waals surface area contributed by atoms with Crippen LogP contribution < -0.4 is 11.1 Å². The second kappa shape index (κ2) is 5.34. The van der Waals surface area contributed by atoms with E-state index in [0.29, 0.717) is 13.0 Å². The highest BCUT2D eigenvalue weighted by Crippen LogP contribution is 2.22. The van der Waals surface area contributed by atoms with Crippen molar-refractivity contribution in [3.05, 3.63) is 40.2 Å². The Morgan fingerprint density at radius 2 is 2.32 bits per heavy atom. The summed E-state index contributed by atoms with van der Waals surface area (Å²) in [6.07, 6.45) is 4.34. The Hall–Kier alpha value is -2.64. The number of pyridine rings is 1. The third-order valence-corrected chi connectivity index (χ3v) is 2.56. The maximum Gasteiger partial charge on any atom is 0.311 e. The molecule has 0 fully saturated rings. The van der Waals surface area contributed by atoms with Gasteiger partial charge in [0, 0.05) is 25.9 Å². The van der Waals surface area contributed by atoms with Gasteiger partial charge in [0.2, 0.25) is 5.82 Å². The molecule has 0 aliphatic carbocycles. The fraction of sp³-hybridized carbons (Fsp3) is 0.273. The topological polar surface area (TPSA) is 112 Å². The van der Waals surface area contributed by atoms with Gasteiger partial charge in [-0.2, -0.15) is 5.10 Å². The Bertz CT molecular complexity index is 595. The van der Waals surface area contributed by atoms with Gasteiger partial charge >= 0.3 is 5.69 Å². The van der Waals surface area contributed by atoms with Crippen LogP contribution in [0, 0.1) is 10.1 Å². The smallest absolute Gasteiger partial charge is 0.311 e. The number of aryl methyl sites for hydroxylation is 1. The predicted octanol–water partition coefficient (Wildman–Crippen LogP) is 0.960. The summed E-state index contributed by atoms with van der Waals surface area (Å²) in [6.45, 7) is 0.517. The number of hydrogen-bond donors (Lipinski definition) is 2. The average molecular weight is 262 g/mol. The minimum atomic E-state index is -0.487. The van der Waals surface area contributed by atoms with Crippen molar-refractivity contribution in [3.8, 4) is 0 Å². The van der Waals surface area contributed by atoms with E-state index < -0.39 is 4.92 Å². The molecule has 2 heterocycles. The molecule has 0 saturated heterocycles. The van der Waals surface area contributed by atoms with Crippen molar-refractivity contribution < 1.29 is 4.92 Å². The molecule has 8 heteroatoms. The van der Waals surface area contributed by atoms with E-state index in [1.807, 2.05) is 13.2 Å². The standard InChI is InChI=1S/C11H14N6O2/c1-16-7-8(6-14-16)4-5-13-11-9(17(18)19)2-3-10(12)15-11/h2-3,6-7H,4-5H2,1H3,(H3,12,13,15). The van der Waals surface area contributed by atoms with Crippen LogP contribution in [0.3, 0.4) is 0 Å². The summed E-state index contributed by atoms with van der Waals surface area (Å²) < 4.78 is 1.70. The molecule has 2 aromatic rings. The molecule has 0 amide bonds. The van der Waals surface area contributed by atoms with Crippen LogP contribution in [0.5, 0.6) is 0 Å². The molecule has 2 rings (SSSR count). The van der Waals surface area contributed by atoms with Crippen LogP contribution in [0.25, 0.3) is 0 Å². The van der Waals surface area contributed by atoms with Crippen molar-refractivity contribution in [1.82, 2.24) is 14.8 Å². The minimum absolute atomic E-state index is 0.0830. The zero-order valence-electron chi connectivity index (χ0n) is 10.4. The Balaban J connectivity index is 2.02. The van der Waals surface area contributed by atoms with Gasteiger partial charge in [-0.15, -0.1) is 0 Å². The quantitative estimate of drug-likeness (QED) is 0.613. The molecule has 19 heavy (non-hydrogen) atoms. The van der Waals surface area contributed by atoms with Crippen LogP contribution in [-0.2, 0) is 13.5 Å². The van der Waals surface area contributed by atoms with Crippen molar-refractivity contribution >= 4 is 17.3 Å². The summed E-state index contributed by atoms with van der Waals surface area (Å²) >= 11 is 0. The zero-order valence-corrected chi connectivity index (χ0v) is 10.4. The van der Waals surface area contributed by atoms with Gasteiger partial charge in [0.15, 0.2) is 0 Å². The van der Waals surface area contributed by atoms with E-state index in [2.05, 4.69) is 15.4 Å². The van der Waals surface area contributed by atoms with Crippen molar-refractivity contribution in [2.45, 2.75) is 6.42 Å². The van der Waals surface area contributed by atoms with Crippen LogP contribution in [0.1, 0.15) is 5.56 Å². The first-order valence-corrected chi connectivity index (χ1v) is 5.68. The molecule has 0 aliphatic heterocycles. The second-order valence-electron chi connectivity index (χ2n) is 4.06. The van der Waals surface area contributed by atoms with Gasteiger partial charge in [0.25, 0.3) is 0 Å². The number of aromatic nitrogens is 3. The number of nitrogens with zero attached hydrogens (tertiary/aromatic N) is 4. The molecule has 100 valence electrons. The molecule has 0 aliphatic rings. The largest absolute Gasteiger partial charge is 0.384 e. The van der Waals surface area contributed by atoms with E-state index in [1.54, 1.807) is 10.9 Å². The second-order valence-corrected chi connectivity index (χ2v) is 4.06. The fourth-order valence-electron chi connectivity index (χ4n) is 1.67. The SMILES string of the molecule is Cn1cc(CCNc2nc(N)ccc2[N+](=O)[O-])cn1. The third kappa shape index (κ3) is 3.18. The first-order valence-electron chi connectivity index (χ1n) is 5.68. The molecule has 0 unspecified atom stereocenters. The molecular weight excluding hydrogens is 248 g/mol. The van der Waals surface area contributed by atoms with E-state index in [0.717, 1.165) is 5.56 Å². The van der Waals surface area contributed by atoms with Crippen LogP contribution in [-0.4, -0.2) is 26.2 Å². The molecule has 0 atom stereocenters. The Labute approximate surface area is 109 Å². The number of nitrogen functional groups attached to an aromatic ring is 1. The van der Waals surface area contributed by atoms with Crippen LogP contribution in [0.4, 0.5) is 17.3 Å². The molecule has 2 aromatic heterocycles. The lowest BCUT2D eigenvalue weighted by Gasteiger charge is -2.05. The summed E-state index contributed by atoms with van der Waals surface area (Å²) in [5.41, 5.74) is 6.49. The molecule has 8 nitrogen and oxygen atoms in total. The molecule has 0 bridgehead atoms. The van der Waals surface area contributed by atoms with Crippen molar-refractivity contribution in [3.63, 3.8) is 0 Å². The average Bonchev–Trinajstić information content (AvgIpc) is 2.75. The van der Waals surface area contributed by atoms with E-state index in [1.165, 1.54) is 12.1 Å². The van der Waals surface area contributed by atoms with Crippen molar-refractivity contribution in [2.24, 2.45) is 7.05 Å². The molecule has 0 aromatic carbocycles. The zero-order chi connectivity index (χ0) is 13.8. The van der Waals surface area contributed by atoms with Gasteiger partial charge in [-0.25, -0.2) is 4.98 Å². The maximum atomic E-state index is 10.8. The highest BCUT2D eigenvalue weighted by molar-refractivity contribution is 5.59. The van der Waals surface area contributed by atoms with Gasteiger partial charge in [-0.3, -0.25) is 14.8 Å². The van der Waals surface area contributed by atoms with Gasteiger partial charge in [0.05, 0.1) is 11.1 Å². The lowest BCUT2D eigenvalue weighted by Crippen LogP contribution is -2.09. The Kier molecular flexibility index (Phi) is 3.60. The Morgan fingerprint density at radius 1 is 1.53 bits per heavy atom. The number of nitrogens with two attached hydrogens (primary N) is 1. The van der Waals surface area contributed by atoms with E-state index in [-0.39, 0.29) is 17.3 Å². The molecular formula is C11H14N6O2. The monoisotopic (exact) mass is 262 g/mol. The molecule has 0 radical (unpaired) electrons. The lowest BCUT2D eigenvalue weighted by molar-refractivity contribution is -0.384. The highest BCUT2D eigenvalue weighted by Gasteiger charge is 2.14. The number of rotatable bonds is 5. The molecule has 0 saturated carbocycles. The van der Waals surface area contributed by atoms with Crippen molar-refractivity contribution in [1.29, 1.82) is 0 Å². The summed E-state index contributed by atoms with van der Waals surface area (Å²) in [7, 11) is 1.83. The Morgan fingerprint density at radius 3 is 2.95 bits per heavy atom. The van der Waals surface area contributed by atoms with Gasteiger partial charge in [0.1, 0.15) is 5.82 Å². The van der Waals surface area contributed by atoms with Gasteiger partial charge < -0.3 is 11.1 Å². The highest BCUT2D eigenvalue weighted by atomic mass is 16.6. The number of hydrogen-bond acceptors (Lipinski definition) is 6. The third-order valence-electron chi connectivity index (χ3n) is 2.56. The molecule has 3 N–H and O–H groups in total. The summed E-state index contributed by atoms with van der Waals surface area (Å²) in [5, 5.41) is 17.8. The van der Waals surface area contributed by atoms with E-state index >= 15 is 0 Å². The van der Waals surface area contributed by atoms with Crippen LogP contribution in [0.2, 0.25) is 0 Å². The number of nitro groups is 1. The predicted molar refractivity (Wildman–Crippen MR) is 70.7 cm³/mol. The first-order chi connectivity index (χ1) is 9.06. The summed E-state index contributed by atoms with van der Waals surface area (Å²) in [5.74, 6) is 0.434. The van der Waals surface area contributed by atoms with Gasteiger partial charge in [-0.1, -0.05) is 0 Å². The summed E-state index contributed by atoms with van der Waals surface area (Å²) in [4.78, 5) is 14.3. The maximum absolute atomic E-state index is 10.8. The fourth-order valence-corrected chi connectivity index (χ4v) is 1.67. The normalized spacial score (nSPS) is 10.4. The van der Waals surface area contributed by atoms with Crippen molar-refractivity contribution in [2.75, 3.05) is 17.6 Å². The number of anilines is 2. The van der Waals surface area contributed by atoms with E-state index in [4.69, 9.17) is 5.73 Å². The van der Waals surface area contributed by atoms with Crippen LogP contribution in [0.15, 0.2) is 24.5 Å². The first kappa shape index (κ1) is 12.8. The van der Waals surface area contributed by atoms with Gasteiger partial charge in [-0.05, 0) is 18.1 Å². The van der Waals surface area contributed by atoms with E-state index in [9.17, 15) is 10.1 Å². The van der Waals surface area contributed by atoms with Crippen LogP contribution >= 0.6 is 0 Å². The number of nitrogens with one attached hydrogen (secondary N) is 1. The minimum Gasteiger partial charge on any atom is -0.384 e.